The Hall–Kier alpha value is -1.55. The summed E-state index contributed by atoms with van der Waals surface area (Å²) in [6.07, 6.45) is 0. The van der Waals surface area contributed by atoms with Gasteiger partial charge in [-0.1, -0.05) is 47.5 Å². The van der Waals surface area contributed by atoms with E-state index in [9.17, 15) is 4.79 Å². The minimum absolute atomic E-state index is 0.0104. The Morgan fingerprint density at radius 3 is 2.62 bits per heavy atom. The lowest BCUT2D eigenvalue weighted by atomic mass is 10.1. The molecule has 2 rings (SSSR count). The summed E-state index contributed by atoms with van der Waals surface area (Å²) in [6, 6.07) is 14.6. The van der Waals surface area contributed by atoms with Crippen LogP contribution in [0.2, 0.25) is 10.0 Å². The fourth-order valence-electron chi connectivity index (χ4n) is 1.95. The average Bonchev–Trinajstić information content (AvgIpc) is 2.45. The van der Waals surface area contributed by atoms with Gasteiger partial charge in [-0.05, 0) is 36.8 Å². The lowest BCUT2D eigenvalue weighted by Gasteiger charge is -2.15. The molecule has 0 aliphatic carbocycles. The minimum atomic E-state index is -0.129. The van der Waals surface area contributed by atoms with Gasteiger partial charge in [-0.2, -0.15) is 0 Å². The molecule has 0 saturated carbocycles. The van der Waals surface area contributed by atoms with Crippen molar-refractivity contribution in [3.63, 3.8) is 0 Å². The van der Waals surface area contributed by atoms with E-state index in [1.807, 2.05) is 31.2 Å². The molecular weight excluding hydrogens is 307 g/mol. The number of hydrogen-bond donors (Lipinski definition) is 2. The molecule has 0 aliphatic heterocycles. The van der Waals surface area contributed by atoms with Crippen LogP contribution < -0.4 is 10.6 Å². The predicted molar refractivity (Wildman–Crippen MR) is 88.0 cm³/mol. The molecule has 5 heteroatoms. The maximum atomic E-state index is 11.9. The normalized spacial score (nSPS) is 12.0. The second-order valence-corrected chi connectivity index (χ2v) is 5.53. The van der Waals surface area contributed by atoms with E-state index in [-0.39, 0.29) is 18.5 Å². The van der Waals surface area contributed by atoms with E-state index in [2.05, 4.69) is 10.6 Å². The lowest BCUT2D eigenvalue weighted by molar-refractivity contribution is -0.115. The van der Waals surface area contributed by atoms with E-state index in [1.54, 1.807) is 24.3 Å². The topological polar surface area (TPSA) is 41.1 Å². The van der Waals surface area contributed by atoms with Crippen LogP contribution in [-0.2, 0) is 4.79 Å². The maximum absolute atomic E-state index is 11.9. The van der Waals surface area contributed by atoms with E-state index in [1.165, 1.54) is 0 Å². The third kappa shape index (κ3) is 4.74. The predicted octanol–water partition coefficient (Wildman–Crippen LogP) is 4.28. The summed E-state index contributed by atoms with van der Waals surface area (Å²) < 4.78 is 0. The number of hydrogen-bond acceptors (Lipinski definition) is 2. The van der Waals surface area contributed by atoms with Gasteiger partial charge in [-0.3, -0.25) is 4.79 Å². The van der Waals surface area contributed by atoms with Crippen LogP contribution in [0.15, 0.2) is 48.5 Å². The first-order chi connectivity index (χ1) is 10.1. The fraction of sp³-hybridized carbons (Fsp3) is 0.188. The molecule has 2 aromatic rings. The van der Waals surface area contributed by atoms with Crippen molar-refractivity contribution in [2.75, 3.05) is 11.9 Å². The zero-order chi connectivity index (χ0) is 15.2. The van der Waals surface area contributed by atoms with Gasteiger partial charge in [0.05, 0.1) is 6.54 Å². The van der Waals surface area contributed by atoms with Crippen molar-refractivity contribution in [3.8, 4) is 0 Å². The van der Waals surface area contributed by atoms with Crippen LogP contribution in [0.25, 0.3) is 0 Å². The number of carbonyl (C=O) groups is 1. The smallest absolute Gasteiger partial charge is 0.238 e. The summed E-state index contributed by atoms with van der Waals surface area (Å²) in [7, 11) is 0. The highest BCUT2D eigenvalue weighted by Crippen LogP contribution is 2.22. The average molecular weight is 323 g/mol. The van der Waals surface area contributed by atoms with Crippen LogP contribution in [0.5, 0.6) is 0 Å². The quantitative estimate of drug-likeness (QED) is 0.862. The van der Waals surface area contributed by atoms with Crippen LogP contribution in [-0.4, -0.2) is 12.5 Å². The minimum Gasteiger partial charge on any atom is -0.325 e. The van der Waals surface area contributed by atoms with Gasteiger partial charge in [0.25, 0.3) is 0 Å². The first-order valence-electron chi connectivity index (χ1n) is 6.59. The van der Waals surface area contributed by atoms with Gasteiger partial charge < -0.3 is 10.6 Å². The van der Waals surface area contributed by atoms with Crippen LogP contribution in [0.4, 0.5) is 5.69 Å². The largest absolute Gasteiger partial charge is 0.325 e. The highest BCUT2D eigenvalue weighted by atomic mass is 35.5. The summed E-state index contributed by atoms with van der Waals surface area (Å²) in [5.41, 5.74) is 1.65. The standard InChI is InChI=1S/C16H16Cl2N2O/c1-11(14-7-2-3-8-15(14)18)19-10-16(21)20-13-6-4-5-12(17)9-13/h2-9,11,19H,10H2,1H3,(H,20,21)/t11-/m0/s1. The van der Waals surface area contributed by atoms with Gasteiger partial charge in [0.1, 0.15) is 0 Å². The van der Waals surface area contributed by atoms with Crippen molar-refractivity contribution >= 4 is 34.8 Å². The number of rotatable bonds is 5. The summed E-state index contributed by atoms with van der Waals surface area (Å²) >= 11 is 12.0. The number of amides is 1. The van der Waals surface area contributed by atoms with Crippen molar-refractivity contribution in [1.82, 2.24) is 5.32 Å². The fourth-order valence-corrected chi connectivity index (χ4v) is 2.44. The zero-order valence-electron chi connectivity index (χ0n) is 11.6. The lowest BCUT2D eigenvalue weighted by Crippen LogP contribution is -2.30. The van der Waals surface area contributed by atoms with Crippen LogP contribution in [0, 0.1) is 0 Å². The Morgan fingerprint density at radius 1 is 1.14 bits per heavy atom. The molecule has 1 amide bonds. The van der Waals surface area contributed by atoms with Crippen molar-refractivity contribution in [2.24, 2.45) is 0 Å². The summed E-state index contributed by atoms with van der Waals surface area (Å²) in [4.78, 5) is 11.9. The van der Waals surface area contributed by atoms with Crippen LogP contribution >= 0.6 is 23.2 Å². The number of carbonyl (C=O) groups excluding carboxylic acids is 1. The molecule has 21 heavy (non-hydrogen) atoms. The number of benzene rings is 2. The number of halogens is 2. The molecule has 0 heterocycles. The SMILES string of the molecule is C[C@H](NCC(=O)Nc1cccc(Cl)c1)c1ccccc1Cl. The molecule has 0 unspecified atom stereocenters. The Bertz CT molecular complexity index is 631. The molecule has 0 bridgehead atoms. The Morgan fingerprint density at radius 2 is 1.90 bits per heavy atom. The van der Waals surface area contributed by atoms with Crippen molar-refractivity contribution in [3.05, 3.63) is 64.1 Å². The molecule has 110 valence electrons. The highest BCUT2D eigenvalue weighted by molar-refractivity contribution is 6.31. The molecule has 2 aromatic carbocycles. The summed E-state index contributed by atoms with van der Waals surface area (Å²) in [6.45, 7) is 2.16. The van der Waals surface area contributed by atoms with E-state index in [4.69, 9.17) is 23.2 Å². The summed E-state index contributed by atoms with van der Waals surface area (Å²) in [5, 5.41) is 7.21. The van der Waals surface area contributed by atoms with Crippen molar-refractivity contribution in [1.29, 1.82) is 0 Å². The van der Waals surface area contributed by atoms with Crippen molar-refractivity contribution < 1.29 is 4.79 Å². The first-order valence-corrected chi connectivity index (χ1v) is 7.35. The molecule has 2 N–H and O–H groups in total. The molecule has 0 spiro atoms. The molecule has 3 nitrogen and oxygen atoms in total. The Labute approximate surface area is 134 Å². The molecule has 0 fully saturated rings. The van der Waals surface area contributed by atoms with E-state index in [0.717, 1.165) is 5.56 Å². The van der Waals surface area contributed by atoms with Gasteiger partial charge in [-0.25, -0.2) is 0 Å². The molecule has 0 radical (unpaired) electrons. The van der Waals surface area contributed by atoms with Gasteiger partial charge in [0.2, 0.25) is 5.91 Å². The van der Waals surface area contributed by atoms with Crippen molar-refractivity contribution in [2.45, 2.75) is 13.0 Å². The maximum Gasteiger partial charge on any atom is 0.238 e. The van der Waals surface area contributed by atoms with E-state index >= 15 is 0 Å². The Balaban J connectivity index is 1.88. The number of nitrogens with one attached hydrogen (secondary N) is 2. The Kier molecular flexibility index (Phi) is 5.62. The first kappa shape index (κ1) is 15.8. The molecule has 0 aromatic heterocycles. The second-order valence-electron chi connectivity index (χ2n) is 4.68. The van der Waals surface area contributed by atoms with E-state index < -0.39 is 0 Å². The molecule has 1 atom stereocenters. The van der Waals surface area contributed by atoms with Gasteiger partial charge >= 0.3 is 0 Å². The number of anilines is 1. The summed E-state index contributed by atoms with van der Waals surface area (Å²) in [5.74, 6) is -0.129. The third-order valence-corrected chi connectivity index (χ3v) is 3.63. The van der Waals surface area contributed by atoms with E-state index in [0.29, 0.717) is 15.7 Å². The third-order valence-electron chi connectivity index (χ3n) is 3.05. The van der Waals surface area contributed by atoms with Crippen LogP contribution in [0.3, 0.4) is 0 Å². The van der Waals surface area contributed by atoms with Gasteiger partial charge in [0.15, 0.2) is 0 Å². The molecule has 0 saturated heterocycles. The van der Waals surface area contributed by atoms with Crippen LogP contribution in [0.1, 0.15) is 18.5 Å². The van der Waals surface area contributed by atoms with Gasteiger partial charge in [-0.15, -0.1) is 0 Å². The molecular formula is C16H16Cl2N2O. The highest BCUT2D eigenvalue weighted by Gasteiger charge is 2.10. The zero-order valence-corrected chi connectivity index (χ0v) is 13.1. The second kappa shape index (κ2) is 7.46. The monoisotopic (exact) mass is 322 g/mol. The van der Waals surface area contributed by atoms with Gasteiger partial charge in [0, 0.05) is 21.8 Å². The molecule has 0 aliphatic rings.